The molecule has 0 amide bonds. The average molecular weight is 447 g/mol. The summed E-state index contributed by atoms with van der Waals surface area (Å²) in [6, 6.07) is 1.82. The Bertz CT molecular complexity index is 885. The zero-order chi connectivity index (χ0) is 19.4. The first-order valence-corrected chi connectivity index (χ1v) is 9.50. The van der Waals surface area contributed by atoms with E-state index >= 15 is 0 Å². The fourth-order valence-electron chi connectivity index (χ4n) is 3.93. The number of nitrogens with zero attached hydrogens (tertiary/aromatic N) is 4. The zero-order valence-electron chi connectivity index (χ0n) is 14.6. The molecule has 1 saturated carbocycles. The fraction of sp³-hybridized carbons (Fsp3) is 0.588. The van der Waals surface area contributed by atoms with Crippen molar-refractivity contribution in [2.75, 3.05) is 6.61 Å². The molecular weight excluding hydrogens is 429 g/mol. The summed E-state index contributed by atoms with van der Waals surface area (Å²) in [5.74, 6) is -0.220. The predicted molar refractivity (Wildman–Crippen MR) is 92.9 cm³/mol. The maximum absolute atomic E-state index is 13.9. The highest BCUT2D eigenvalue weighted by Gasteiger charge is 2.62. The molecule has 27 heavy (non-hydrogen) atoms. The molecule has 0 N–H and O–H groups in total. The molecule has 0 saturated heterocycles. The minimum Gasteiger partial charge on any atom is -0.465 e. The van der Waals surface area contributed by atoms with Crippen LogP contribution in [0.3, 0.4) is 0 Å². The summed E-state index contributed by atoms with van der Waals surface area (Å²) in [6.07, 6.45) is -1.97. The second-order valence-electron chi connectivity index (χ2n) is 7.26. The van der Waals surface area contributed by atoms with E-state index in [0.29, 0.717) is 24.5 Å². The van der Waals surface area contributed by atoms with Gasteiger partial charge in [0.1, 0.15) is 11.2 Å². The maximum atomic E-state index is 13.9. The third-order valence-corrected chi connectivity index (χ3v) is 5.87. The lowest BCUT2D eigenvalue weighted by Gasteiger charge is -2.42. The number of rotatable bonds is 3. The summed E-state index contributed by atoms with van der Waals surface area (Å²) in [4.78, 5) is 11.2. The Morgan fingerprint density at radius 2 is 2.11 bits per heavy atom. The van der Waals surface area contributed by atoms with E-state index in [0.717, 1.165) is 4.47 Å². The highest BCUT2D eigenvalue weighted by Crippen LogP contribution is 2.54. The molecule has 2 aromatic rings. The van der Waals surface area contributed by atoms with E-state index in [1.165, 1.54) is 6.92 Å². The molecule has 10 heteroatoms. The van der Waals surface area contributed by atoms with Gasteiger partial charge in [-0.2, -0.15) is 13.2 Å². The van der Waals surface area contributed by atoms with Gasteiger partial charge >= 0.3 is 12.1 Å². The average Bonchev–Trinajstić information content (AvgIpc) is 3.03. The van der Waals surface area contributed by atoms with Crippen LogP contribution in [0.15, 0.2) is 16.7 Å². The molecule has 4 rings (SSSR count). The lowest BCUT2D eigenvalue weighted by molar-refractivity contribution is -0.216. The van der Waals surface area contributed by atoms with Gasteiger partial charge in [-0.3, -0.25) is 4.79 Å². The van der Waals surface area contributed by atoms with Crippen LogP contribution in [-0.4, -0.2) is 38.1 Å². The van der Waals surface area contributed by atoms with Crippen molar-refractivity contribution in [3.05, 3.63) is 22.6 Å². The summed E-state index contributed by atoms with van der Waals surface area (Å²) in [6.45, 7) is 2.22. The first-order valence-electron chi connectivity index (χ1n) is 8.71. The molecular formula is C17H18BrF3N4O2. The van der Waals surface area contributed by atoms with E-state index in [1.807, 2.05) is 16.8 Å². The molecule has 1 atom stereocenters. The Hall–Kier alpha value is -1.84. The van der Waals surface area contributed by atoms with E-state index in [-0.39, 0.29) is 37.7 Å². The first-order chi connectivity index (χ1) is 12.7. The van der Waals surface area contributed by atoms with Crippen molar-refractivity contribution in [3.8, 4) is 11.5 Å². The van der Waals surface area contributed by atoms with Gasteiger partial charge in [-0.1, -0.05) is 6.42 Å². The third kappa shape index (κ3) is 2.97. The smallest absolute Gasteiger partial charge is 0.401 e. The number of carbonyl (C=O) groups is 1. The third-order valence-electron chi connectivity index (χ3n) is 5.44. The number of halogens is 4. The van der Waals surface area contributed by atoms with Crippen LogP contribution in [0.1, 0.15) is 32.0 Å². The summed E-state index contributed by atoms with van der Waals surface area (Å²) in [5, 5.41) is 8.12. The number of fused-ring (bicyclic) bond motifs is 3. The van der Waals surface area contributed by atoms with Crippen LogP contribution in [0.25, 0.3) is 11.5 Å². The van der Waals surface area contributed by atoms with E-state index in [2.05, 4.69) is 26.1 Å². The number of ether oxygens (including phenoxy) is 1. The standard InChI is InChI=1S/C17H18BrF3N4O2/c1-10(26)27-9-11-6-24-8-12(18)5-13(24)14-22-23-15(25(14)7-11)16(3-2-4-16)17(19,20)21/h5,8,11H,2-4,6-7,9H2,1H3. The summed E-state index contributed by atoms with van der Waals surface area (Å²) >= 11 is 3.41. The van der Waals surface area contributed by atoms with Crippen molar-refractivity contribution < 1.29 is 22.7 Å². The van der Waals surface area contributed by atoms with Crippen LogP contribution in [-0.2, 0) is 28.0 Å². The van der Waals surface area contributed by atoms with Gasteiger partial charge in [0.15, 0.2) is 5.82 Å². The first kappa shape index (κ1) is 18.5. The van der Waals surface area contributed by atoms with E-state index in [9.17, 15) is 18.0 Å². The van der Waals surface area contributed by atoms with Crippen molar-refractivity contribution in [1.82, 2.24) is 19.3 Å². The predicted octanol–water partition coefficient (Wildman–Crippen LogP) is 3.69. The topological polar surface area (TPSA) is 61.9 Å². The van der Waals surface area contributed by atoms with Crippen molar-refractivity contribution in [2.24, 2.45) is 5.92 Å². The van der Waals surface area contributed by atoms with Crippen LogP contribution in [0.4, 0.5) is 13.2 Å². The van der Waals surface area contributed by atoms with Crippen LogP contribution in [0, 0.1) is 5.92 Å². The second-order valence-corrected chi connectivity index (χ2v) is 8.17. The van der Waals surface area contributed by atoms with Crippen molar-refractivity contribution in [3.63, 3.8) is 0 Å². The summed E-state index contributed by atoms with van der Waals surface area (Å²) in [5.41, 5.74) is -1.24. The maximum Gasteiger partial charge on any atom is 0.401 e. The minimum atomic E-state index is -4.38. The van der Waals surface area contributed by atoms with E-state index in [4.69, 9.17) is 4.74 Å². The van der Waals surface area contributed by atoms with Gasteiger partial charge in [-0.15, -0.1) is 10.2 Å². The number of hydrogen-bond donors (Lipinski definition) is 0. The molecule has 0 spiro atoms. The molecule has 3 heterocycles. The van der Waals surface area contributed by atoms with Crippen LogP contribution < -0.4 is 0 Å². The molecule has 1 fully saturated rings. The molecule has 1 aliphatic carbocycles. The highest BCUT2D eigenvalue weighted by molar-refractivity contribution is 9.10. The van der Waals surface area contributed by atoms with Gasteiger partial charge in [0.25, 0.3) is 0 Å². The quantitative estimate of drug-likeness (QED) is 0.674. The van der Waals surface area contributed by atoms with Crippen molar-refractivity contribution in [1.29, 1.82) is 0 Å². The number of hydrogen-bond acceptors (Lipinski definition) is 4. The second kappa shape index (κ2) is 6.35. The monoisotopic (exact) mass is 446 g/mol. The number of aromatic nitrogens is 4. The van der Waals surface area contributed by atoms with E-state index < -0.39 is 17.6 Å². The lowest BCUT2D eigenvalue weighted by Crippen LogP contribution is -2.50. The lowest BCUT2D eigenvalue weighted by atomic mass is 9.67. The normalized spacial score (nSPS) is 21.0. The Kier molecular flexibility index (Phi) is 4.36. The van der Waals surface area contributed by atoms with Crippen LogP contribution in [0.2, 0.25) is 0 Å². The SMILES string of the molecule is CC(=O)OCC1Cn2cc(Br)cc2-c2nnc(C3(C(F)(F)F)CCC3)n2C1. The van der Waals surface area contributed by atoms with Gasteiger partial charge in [-0.25, -0.2) is 0 Å². The molecule has 6 nitrogen and oxygen atoms in total. The van der Waals surface area contributed by atoms with Crippen LogP contribution in [0.5, 0.6) is 0 Å². The number of esters is 1. The van der Waals surface area contributed by atoms with Gasteiger partial charge in [0.05, 0.1) is 12.3 Å². The molecule has 0 radical (unpaired) electrons. The number of alkyl halides is 3. The summed E-state index contributed by atoms with van der Waals surface area (Å²) in [7, 11) is 0. The minimum absolute atomic E-state index is 0.0218. The largest absolute Gasteiger partial charge is 0.465 e. The van der Waals surface area contributed by atoms with Crippen molar-refractivity contribution >= 4 is 21.9 Å². The highest BCUT2D eigenvalue weighted by atomic mass is 79.9. The van der Waals surface area contributed by atoms with Gasteiger partial charge in [0.2, 0.25) is 0 Å². The molecule has 1 unspecified atom stereocenters. The Morgan fingerprint density at radius 3 is 2.70 bits per heavy atom. The zero-order valence-corrected chi connectivity index (χ0v) is 16.2. The Labute approximate surface area is 161 Å². The summed E-state index contributed by atoms with van der Waals surface area (Å²) < 4.78 is 51.1. The van der Waals surface area contributed by atoms with Gasteiger partial charge in [-0.05, 0) is 34.8 Å². The molecule has 2 aliphatic rings. The van der Waals surface area contributed by atoms with E-state index in [1.54, 1.807) is 4.57 Å². The van der Waals surface area contributed by atoms with Crippen molar-refractivity contribution in [2.45, 2.75) is 50.9 Å². The molecule has 2 aromatic heterocycles. The van der Waals surface area contributed by atoms with Crippen LogP contribution >= 0.6 is 15.9 Å². The molecule has 1 aliphatic heterocycles. The Morgan fingerprint density at radius 1 is 1.37 bits per heavy atom. The Balaban J connectivity index is 1.81. The van der Waals surface area contributed by atoms with Gasteiger partial charge < -0.3 is 13.9 Å². The fourth-order valence-corrected chi connectivity index (χ4v) is 4.40. The molecule has 0 bridgehead atoms. The molecule has 146 valence electrons. The number of carbonyl (C=O) groups excluding carboxylic acids is 1. The van der Waals surface area contributed by atoms with Gasteiger partial charge in [0, 0.05) is 36.6 Å². The molecule has 0 aromatic carbocycles.